The van der Waals surface area contributed by atoms with Crippen LogP contribution in [0, 0.1) is 16.2 Å². The lowest BCUT2D eigenvalue weighted by Crippen LogP contribution is -2.52. The normalized spacial score (nSPS) is 12.2. The molecule has 0 atom stereocenters. The zero-order valence-electron chi connectivity index (χ0n) is 24.2. The number of carbonyl (C=O) groups is 4. The van der Waals surface area contributed by atoms with Gasteiger partial charge < -0.3 is 34.4 Å². The van der Waals surface area contributed by atoms with Crippen LogP contribution in [0.2, 0.25) is 0 Å². The van der Waals surface area contributed by atoms with E-state index in [9.17, 15) is 42.4 Å². The van der Waals surface area contributed by atoms with Crippen molar-refractivity contribution < 1.29 is 47.1 Å². The van der Waals surface area contributed by atoms with E-state index in [-0.39, 0.29) is 24.9 Å². The molecule has 0 aromatic carbocycles. The summed E-state index contributed by atoms with van der Waals surface area (Å²) >= 11 is 0. The molecule has 0 bridgehead atoms. The molecule has 0 aliphatic carbocycles. The van der Waals surface area contributed by atoms with Crippen LogP contribution < -0.4 is 15.5 Å². The van der Waals surface area contributed by atoms with Crippen LogP contribution in [0.3, 0.4) is 0 Å². The SMILES string of the molecule is CCC(C)(C)C(=O)NC(C)(C)CS(=O)(=O)[O-].CCC(C)(C)C(=O)OCCC(=O)[O-].CCC(C)(C)C(=O)[O-]. The molecule has 0 heterocycles. The number of aliphatic carboxylic acids is 2. The Morgan fingerprint density at radius 2 is 1.16 bits per heavy atom. The minimum Gasteiger partial charge on any atom is -0.748 e. The Bertz CT molecular complexity index is 859. The minimum absolute atomic E-state index is 0.107. The average Bonchev–Trinajstić information content (AvgIpc) is 2.71. The molecule has 11 nitrogen and oxygen atoms in total. The van der Waals surface area contributed by atoms with Crippen LogP contribution in [0.5, 0.6) is 0 Å². The summed E-state index contributed by atoms with van der Waals surface area (Å²) in [5, 5.41) is 22.7. The molecule has 1 N–H and O–H groups in total. The van der Waals surface area contributed by atoms with Crippen LogP contribution in [-0.2, 0) is 34.0 Å². The van der Waals surface area contributed by atoms with Crippen LogP contribution in [0.4, 0.5) is 0 Å². The first kappa shape index (κ1) is 39.3. The lowest BCUT2D eigenvalue weighted by atomic mass is 9.88. The Hall–Kier alpha value is -2.21. The van der Waals surface area contributed by atoms with E-state index in [4.69, 9.17) is 4.74 Å². The van der Waals surface area contributed by atoms with E-state index in [2.05, 4.69) is 5.32 Å². The number of ether oxygens (including phenoxy) is 1. The molecule has 0 rings (SSSR count). The van der Waals surface area contributed by atoms with Gasteiger partial charge in [-0.3, -0.25) is 9.59 Å². The minimum atomic E-state index is -4.34. The Morgan fingerprint density at radius 1 is 0.757 bits per heavy atom. The highest BCUT2D eigenvalue weighted by Gasteiger charge is 2.31. The molecule has 12 heteroatoms. The van der Waals surface area contributed by atoms with Crippen molar-refractivity contribution >= 4 is 33.9 Å². The molecule has 0 spiro atoms. The summed E-state index contributed by atoms with van der Waals surface area (Å²) in [6, 6.07) is 0. The average molecular weight is 553 g/mol. The maximum atomic E-state index is 11.8. The maximum Gasteiger partial charge on any atom is 0.311 e. The third-order valence-electron chi connectivity index (χ3n) is 5.90. The molecular formula is C25H46NO10S-3. The molecule has 0 radical (unpaired) electrons. The Kier molecular flexibility index (Phi) is 16.9. The van der Waals surface area contributed by atoms with Crippen LogP contribution >= 0.6 is 0 Å². The Morgan fingerprint density at radius 3 is 1.43 bits per heavy atom. The number of carboxylic acid groups (broad SMARTS) is 2. The summed E-state index contributed by atoms with van der Waals surface area (Å²) in [7, 11) is -4.34. The highest BCUT2D eigenvalue weighted by molar-refractivity contribution is 7.85. The number of nitrogens with one attached hydrogen (secondary N) is 1. The molecule has 0 aliphatic heterocycles. The smallest absolute Gasteiger partial charge is 0.311 e. The third-order valence-corrected chi connectivity index (χ3v) is 6.98. The highest BCUT2D eigenvalue weighted by atomic mass is 32.2. The monoisotopic (exact) mass is 552 g/mol. The highest BCUT2D eigenvalue weighted by Crippen LogP contribution is 2.22. The van der Waals surface area contributed by atoms with Crippen molar-refractivity contribution in [3.8, 4) is 0 Å². The number of rotatable bonds is 12. The number of esters is 1. The summed E-state index contributed by atoms with van der Waals surface area (Å²) in [4.78, 5) is 43.2. The predicted molar refractivity (Wildman–Crippen MR) is 135 cm³/mol. The van der Waals surface area contributed by atoms with Gasteiger partial charge >= 0.3 is 5.97 Å². The number of carbonyl (C=O) groups excluding carboxylic acids is 4. The summed E-state index contributed by atoms with van der Waals surface area (Å²) < 4.78 is 36.7. The van der Waals surface area contributed by atoms with Gasteiger partial charge in [-0.05, 0) is 47.0 Å². The molecule has 0 unspecified atom stereocenters. The molecule has 220 valence electrons. The van der Waals surface area contributed by atoms with Crippen molar-refractivity contribution in [3.05, 3.63) is 0 Å². The van der Waals surface area contributed by atoms with E-state index in [1.54, 1.807) is 41.5 Å². The second kappa shape index (κ2) is 15.9. The summed E-state index contributed by atoms with van der Waals surface area (Å²) in [5.41, 5.74) is -2.79. The first-order chi connectivity index (χ1) is 16.3. The topological polar surface area (TPSA) is 193 Å². The molecule has 0 saturated heterocycles. The lowest BCUT2D eigenvalue weighted by molar-refractivity contribution is -0.317. The van der Waals surface area contributed by atoms with Gasteiger partial charge in [0.25, 0.3) is 0 Å². The largest absolute Gasteiger partial charge is 0.748 e. The van der Waals surface area contributed by atoms with E-state index in [0.717, 1.165) is 0 Å². The number of carboxylic acids is 2. The van der Waals surface area contributed by atoms with Gasteiger partial charge in [0.05, 0.1) is 27.9 Å². The van der Waals surface area contributed by atoms with Gasteiger partial charge in [0.15, 0.2) is 0 Å². The van der Waals surface area contributed by atoms with Gasteiger partial charge in [-0.15, -0.1) is 0 Å². The second-order valence-electron chi connectivity index (χ2n) is 11.3. The molecule has 0 aliphatic rings. The van der Waals surface area contributed by atoms with Gasteiger partial charge in [0.1, 0.15) is 0 Å². The van der Waals surface area contributed by atoms with Gasteiger partial charge in [-0.25, -0.2) is 8.42 Å². The summed E-state index contributed by atoms with van der Waals surface area (Å²) in [6.45, 7) is 18.9. The van der Waals surface area contributed by atoms with Crippen molar-refractivity contribution in [1.29, 1.82) is 0 Å². The fourth-order valence-electron chi connectivity index (χ4n) is 1.83. The quantitative estimate of drug-likeness (QED) is 0.271. The van der Waals surface area contributed by atoms with Gasteiger partial charge in [0, 0.05) is 34.7 Å². The van der Waals surface area contributed by atoms with Gasteiger partial charge in [-0.1, -0.05) is 48.5 Å². The summed E-state index contributed by atoms with van der Waals surface area (Å²) in [5.74, 6) is -3.40. The maximum absolute atomic E-state index is 11.8. The van der Waals surface area contributed by atoms with E-state index >= 15 is 0 Å². The third kappa shape index (κ3) is 19.6. The van der Waals surface area contributed by atoms with Crippen molar-refractivity contribution in [2.24, 2.45) is 16.2 Å². The fourth-order valence-corrected chi connectivity index (χ4v) is 2.78. The Labute approximate surface area is 222 Å². The van der Waals surface area contributed by atoms with Crippen molar-refractivity contribution in [2.75, 3.05) is 12.4 Å². The van der Waals surface area contributed by atoms with Crippen LogP contribution in [-0.4, -0.2) is 54.7 Å². The zero-order chi connectivity index (χ0) is 30.5. The lowest BCUT2D eigenvalue weighted by Gasteiger charge is -2.32. The first-order valence-electron chi connectivity index (χ1n) is 12.1. The van der Waals surface area contributed by atoms with Crippen molar-refractivity contribution in [1.82, 2.24) is 5.32 Å². The van der Waals surface area contributed by atoms with E-state index in [1.165, 1.54) is 13.8 Å². The van der Waals surface area contributed by atoms with Gasteiger partial charge in [-0.2, -0.15) is 0 Å². The standard InChI is InChI=1S/C10H21NO4S.C9H16O4.C6H12O2/c1-6-9(2,3)8(12)11-10(4,5)7-16(13,14)15;1-4-9(2,3)8(12)13-6-5-7(10)11;1-4-6(2,3)5(7)8/h6-7H2,1-5H3,(H,11,12)(H,13,14,15);4-6H2,1-3H3,(H,10,11);4H2,1-3H3,(H,7,8)/p-3. The fraction of sp³-hybridized carbons (Fsp3) is 0.840. The molecule has 0 saturated carbocycles. The second-order valence-corrected chi connectivity index (χ2v) is 12.7. The number of hydrogen-bond donors (Lipinski definition) is 1. The molecule has 1 amide bonds. The Balaban J connectivity index is -0.000000495. The van der Waals surface area contributed by atoms with E-state index in [0.29, 0.717) is 19.3 Å². The van der Waals surface area contributed by atoms with Gasteiger partial charge in [0.2, 0.25) is 5.91 Å². The van der Waals surface area contributed by atoms with Crippen LogP contribution in [0.1, 0.15) is 102 Å². The molecule has 37 heavy (non-hydrogen) atoms. The molecular weight excluding hydrogens is 506 g/mol. The number of amides is 1. The summed E-state index contributed by atoms with van der Waals surface area (Å²) in [6.07, 6.45) is 1.68. The molecule has 0 fully saturated rings. The van der Waals surface area contributed by atoms with Crippen molar-refractivity contribution in [2.45, 2.75) is 107 Å². The van der Waals surface area contributed by atoms with Crippen LogP contribution in [0.25, 0.3) is 0 Å². The first-order valence-corrected chi connectivity index (χ1v) is 13.7. The zero-order valence-corrected chi connectivity index (χ0v) is 25.0. The molecule has 0 aromatic rings. The molecule has 0 aromatic heterocycles. The van der Waals surface area contributed by atoms with Crippen molar-refractivity contribution in [3.63, 3.8) is 0 Å². The predicted octanol–water partition coefficient (Wildman–Crippen LogP) is 1.14. The van der Waals surface area contributed by atoms with E-state index in [1.807, 2.05) is 20.8 Å². The number of hydrogen-bond acceptors (Lipinski definition) is 10. The van der Waals surface area contributed by atoms with Crippen LogP contribution in [0.15, 0.2) is 0 Å². The van der Waals surface area contributed by atoms with E-state index < -0.39 is 49.6 Å².